The molecule has 6 nitrogen and oxygen atoms in total. The van der Waals surface area contributed by atoms with Crippen molar-refractivity contribution >= 4 is 5.91 Å². The molecule has 6 heteroatoms. The maximum atomic E-state index is 13.0. The number of aryl methyl sites for hydroxylation is 1. The Morgan fingerprint density at radius 2 is 2.04 bits per heavy atom. The molecule has 0 spiro atoms. The summed E-state index contributed by atoms with van der Waals surface area (Å²) in [6, 6.07) is 6.18. The molecule has 0 saturated carbocycles. The molecule has 4 heterocycles. The van der Waals surface area contributed by atoms with E-state index in [4.69, 9.17) is 9.47 Å². The number of amides is 1. The minimum absolute atomic E-state index is 0.00711. The summed E-state index contributed by atoms with van der Waals surface area (Å²) in [7, 11) is 0. The van der Waals surface area contributed by atoms with Gasteiger partial charge in [0.25, 0.3) is 0 Å². The molecule has 3 atom stereocenters. The number of ether oxygens (including phenoxy) is 2. The number of fused-ring (bicyclic) bond motifs is 1. The second kappa shape index (κ2) is 7.40. The third-order valence-electron chi connectivity index (χ3n) is 5.68. The van der Waals surface area contributed by atoms with Crippen molar-refractivity contribution in [1.29, 1.82) is 0 Å². The monoisotopic (exact) mass is 345 g/mol. The van der Waals surface area contributed by atoms with Gasteiger partial charge in [0.2, 0.25) is 5.91 Å². The Hall–Kier alpha value is -1.50. The number of aromatic nitrogens is 1. The molecule has 3 fully saturated rings. The third kappa shape index (κ3) is 3.71. The molecular weight excluding hydrogens is 318 g/mol. The highest BCUT2D eigenvalue weighted by atomic mass is 16.5. The number of pyridine rings is 1. The Kier molecular flexibility index (Phi) is 5.01. The average molecular weight is 345 g/mol. The van der Waals surface area contributed by atoms with Crippen molar-refractivity contribution in [3.05, 3.63) is 29.6 Å². The zero-order valence-corrected chi connectivity index (χ0v) is 14.9. The number of nitrogens with zero attached hydrogens (tertiary/aromatic N) is 3. The van der Waals surface area contributed by atoms with Crippen LogP contribution in [-0.2, 0) is 20.8 Å². The van der Waals surface area contributed by atoms with E-state index in [1.54, 1.807) is 0 Å². The molecule has 136 valence electrons. The smallest absolute Gasteiger partial charge is 0.228 e. The Morgan fingerprint density at radius 1 is 1.20 bits per heavy atom. The SMILES string of the molecule is Cc1cccc(CN2C[C@@H]3COC[C@@H](C(=O)N4CCOCC4)[C@@H]3C2)n1. The number of morpholine rings is 1. The molecule has 1 aromatic rings. The van der Waals surface area contributed by atoms with Gasteiger partial charge in [-0.05, 0) is 30.9 Å². The second-order valence-electron chi connectivity index (χ2n) is 7.47. The molecule has 0 bridgehead atoms. The summed E-state index contributed by atoms with van der Waals surface area (Å²) in [4.78, 5) is 22.0. The van der Waals surface area contributed by atoms with Crippen LogP contribution in [0.4, 0.5) is 0 Å². The van der Waals surface area contributed by atoms with E-state index in [9.17, 15) is 4.79 Å². The topological polar surface area (TPSA) is 54.9 Å². The highest BCUT2D eigenvalue weighted by Crippen LogP contribution is 2.35. The van der Waals surface area contributed by atoms with Crippen LogP contribution in [0.1, 0.15) is 11.4 Å². The molecule has 0 aliphatic carbocycles. The van der Waals surface area contributed by atoms with Gasteiger partial charge in [-0.3, -0.25) is 14.7 Å². The van der Waals surface area contributed by atoms with Crippen molar-refractivity contribution < 1.29 is 14.3 Å². The highest BCUT2D eigenvalue weighted by Gasteiger charge is 2.45. The molecule has 0 radical (unpaired) electrons. The van der Waals surface area contributed by atoms with Gasteiger partial charge in [0, 0.05) is 38.4 Å². The van der Waals surface area contributed by atoms with Gasteiger partial charge in [0.05, 0.1) is 38.0 Å². The zero-order valence-electron chi connectivity index (χ0n) is 14.9. The molecular formula is C19H27N3O3. The van der Waals surface area contributed by atoms with E-state index < -0.39 is 0 Å². The predicted molar refractivity (Wildman–Crippen MR) is 92.9 cm³/mol. The van der Waals surface area contributed by atoms with Gasteiger partial charge in [-0.25, -0.2) is 0 Å². The number of rotatable bonds is 3. The fourth-order valence-corrected chi connectivity index (χ4v) is 4.41. The molecule has 0 unspecified atom stereocenters. The minimum Gasteiger partial charge on any atom is -0.380 e. The van der Waals surface area contributed by atoms with Gasteiger partial charge in [-0.2, -0.15) is 0 Å². The first kappa shape index (κ1) is 16.9. The van der Waals surface area contributed by atoms with E-state index in [0.717, 1.165) is 37.6 Å². The first-order valence-corrected chi connectivity index (χ1v) is 9.30. The Bertz CT molecular complexity index is 618. The van der Waals surface area contributed by atoms with E-state index in [1.165, 1.54) is 0 Å². The van der Waals surface area contributed by atoms with Crippen LogP contribution in [0, 0.1) is 24.7 Å². The van der Waals surface area contributed by atoms with Crippen molar-refractivity contribution in [2.45, 2.75) is 13.5 Å². The standard InChI is InChI=1S/C19H27N3O3/c1-14-3-2-4-16(20-14)10-21-9-15-12-25-13-18(17(15)11-21)19(23)22-5-7-24-8-6-22/h2-4,15,17-18H,5-13H2,1H3/t15-,17-,18-/m1/s1. The van der Waals surface area contributed by atoms with E-state index in [2.05, 4.69) is 22.0 Å². The molecule has 0 N–H and O–H groups in total. The van der Waals surface area contributed by atoms with Crippen molar-refractivity contribution in [2.75, 3.05) is 52.6 Å². The van der Waals surface area contributed by atoms with Crippen LogP contribution in [0.3, 0.4) is 0 Å². The van der Waals surface area contributed by atoms with Crippen LogP contribution in [-0.4, -0.2) is 73.3 Å². The molecule has 3 aliphatic heterocycles. The minimum atomic E-state index is -0.00711. The van der Waals surface area contributed by atoms with E-state index in [0.29, 0.717) is 44.7 Å². The summed E-state index contributed by atoms with van der Waals surface area (Å²) >= 11 is 0. The van der Waals surface area contributed by atoms with Crippen molar-refractivity contribution in [1.82, 2.24) is 14.8 Å². The normalized spacial score (nSPS) is 30.3. The second-order valence-corrected chi connectivity index (χ2v) is 7.47. The predicted octanol–water partition coefficient (Wildman–Crippen LogP) is 0.943. The van der Waals surface area contributed by atoms with Gasteiger partial charge in [-0.1, -0.05) is 6.07 Å². The molecule has 1 aromatic heterocycles. The summed E-state index contributed by atoms with van der Waals surface area (Å²) in [6.45, 7) is 8.90. The number of carbonyl (C=O) groups excluding carboxylic acids is 1. The van der Waals surface area contributed by atoms with E-state index >= 15 is 0 Å². The van der Waals surface area contributed by atoms with E-state index in [1.807, 2.05) is 17.9 Å². The summed E-state index contributed by atoms with van der Waals surface area (Å²) in [5, 5.41) is 0. The Balaban J connectivity index is 1.42. The van der Waals surface area contributed by atoms with Crippen LogP contribution in [0.15, 0.2) is 18.2 Å². The molecule has 0 aromatic carbocycles. The maximum Gasteiger partial charge on any atom is 0.228 e. The molecule has 3 aliphatic rings. The first-order valence-electron chi connectivity index (χ1n) is 9.30. The summed E-state index contributed by atoms with van der Waals surface area (Å²) in [6.07, 6.45) is 0. The quantitative estimate of drug-likeness (QED) is 0.816. The van der Waals surface area contributed by atoms with Gasteiger partial charge in [-0.15, -0.1) is 0 Å². The number of carbonyl (C=O) groups is 1. The van der Waals surface area contributed by atoms with Crippen molar-refractivity contribution in [2.24, 2.45) is 17.8 Å². The number of hydrogen-bond donors (Lipinski definition) is 0. The fraction of sp³-hybridized carbons (Fsp3) is 0.684. The first-order chi connectivity index (χ1) is 12.2. The van der Waals surface area contributed by atoms with Crippen LogP contribution in [0.2, 0.25) is 0 Å². The zero-order chi connectivity index (χ0) is 17.2. The van der Waals surface area contributed by atoms with Gasteiger partial charge < -0.3 is 14.4 Å². The number of hydrogen-bond acceptors (Lipinski definition) is 5. The van der Waals surface area contributed by atoms with Crippen LogP contribution in [0.5, 0.6) is 0 Å². The Labute approximate surface area is 149 Å². The van der Waals surface area contributed by atoms with E-state index in [-0.39, 0.29) is 11.8 Å². The van der Waals surface area contributed by atoms with Gasteiger partial charge in [0.15, 0.2) is 0 Å². The van der Waals surface area contributed by atoms with Crippen LogP contribution in [0.25, 0.3) is 0 Å². The largest absolute Gasteiger partial charge is 0.380 e. The Morgan fingerprint density at radius 3 is 2.84 bits per heavy atom. The lowest BCUT2D eigenvalue weighted by Gasteiger charge is -2.36. The lowest BCUT2D eigenvalue weighted by atomic mass is 9.82. The molecule has 3 saturated heterocycles. The molecule has 1 amide bonds. The summed E-state index contributed by atoms with van der Waals surface area (Å²) < 4.78 is 11.2. The van der Waals surface area contributed by atoms with Crippen LogP contribution >= 0.6 is 0 Å². The van der Waals surface area contributed by atoms with Crippen LogP contribution < -0.4 is 0 Å². The van der Waals surface area contributed by atoms with Gasteiger partial charge in [0.1, 0.15) is 0 Å². The highest BCUT2D eigenvalue weighted by molar-refractivity contribution is 5.79. The molecule has 4 rings (SSSR count). The lowest BCUT2D eigenvalue weighted by Crippen LogP contribution is -2.49. The maximum absolute atomic E-state index is 13.0. The average Bonchev–Trinajstić information content (AvgIpc) is 3.04. The van der Waals surface area contributed by atoms with Crippen molar-refractivity contribution in [3.8, 4) is 0 Å². The third-order valence-corrected chi connectivity index (χ3v) is 5.68. The fourth-order valence-electron chi connectivity index (χ4n) is 4.41. The number of likely N-dealkylation sites (tertiary alicyclic amines) is 1. The summed E-state index contributed by atoms with van der Waals surface area (Å²) in [5.74, 6) is 1.10. The van der Waals surface area contributed by atoms with Gasteiger partial charge >= 0.3 is 0 Å². The summed E-state index contributed by atoms with van der Waals surface area (Å²) in [5.41, 5.74) is 2.16. The lowest BCUT2D eigenvalue weighted by molar-refractivity contribution is -0.148. The molecule has 25 heavy (non-hydrogen) atoms. The van der Waals surface area contributed by atoms with Crippen molar-refractivity contribution in [3.63, 3.8) is 0 Å².